The lowest BCUT2D eigenvalue weighted by atomic mass is 9.81. The lowest BCUT2D eigenvalue weighted by Crippen LogP contribution is -2.44. The molecule has 4 N–H and O–H groups in total. The molecule has 9 nitrogen and oxygen atoms in total. The third-order valence-corrected chi connectivity index (χ3v) is 9.35. The van der Waals surface area contributed by atoms with Crippen molar-refractivity contribution < 1.29 is 33.0 Å². The number of rotatable bonds is 8. The van der Waals surface area contributed by atoms with Crippen molar-refractivity contribution in [2.75, 3.05) is 20.3 Å². The van der Waals surface area contributed by atoms with Gasteiger partial charge in [-0.2, -0.15) is 0 Å². The van der Waals surface area contributed by atoms with Gasteiger partial charge in [-0.3, -0.25) is 9.59 Å². The minimum atomic E-state index is -1.71. The van der Waals surface area contributed by atoms with Crippen molar-refractivity contribution in [1.82, 2.24) is 15.3 Å². The van der Waals surface area contributed by atoms with Crippen LogP contribution in [0.5, 0.6) is 11.5 Å². The summed E-state index contributed by atoms with van der Waals surface area (Å²) in [5, 5.41) is 15.4. The number of aryl methyl sites for hydroxylation is 1. The highest BCUT2D eigenvalue weighted by molar-refractivity contribution is 7.18. The van der Waals surface area contributed by atoms with Crippen molar-refractivity contribution in [3.8, 4) is 22.8 Å². The molecule has 0 radical (unpaired) electrons. The fourth-order valence-electron chi connectivity index (χ4n) is 5.41. The van der Waals surface area contributed by atoms with Gasteiger partial charge < -0.3 is 25.6 Å². The van der Waals surface area contributed by atoms with E-state index in [1.807, 2.05) is 6.92 Å². The van der Waals surface area contributed by atoms with Crippen molar-refractivity contribution in [2.45, 2.75) is 37.7 Å². The van der Waals surface area contributed by atoms with Crippen LogP contribution in [0.1, 0.15) is 46.4 Å². The van der Waals surface area contributed by atoms with Crippen LogP contribution in [0.25, 0.3) is 21.5 Å². The second kappa shape index (κ2) is 10.4. The van der Waals surface area contributed by atoms with Gasteiger partial charge in [0.2, 0.25) is 5.91 Å². The van der Waals surface area contributed by atoms with Gasteiger partial charge in [-0.25, -0.2) is 18.7 Å². The van der Waals surface area contributed by atoms with E-state index in [4.69, 9.17) is 26.8 Å². The van der Waals surface area contributed by atoms with Gasteiger partial charge in [0.25, 0.3) is 5.91 Å². The SMILES string of the molecule is COc1cc(C(=O)NC[C@](O)(c2cc3c(c(-c4cc(Cl)c(F)cc4F)n2)OCC3(C)C(N)=O)C2CC2)cc2sc(C)nc12. The molecule has 13 heteroatoms. The van der Waals surface area contributed by atoms with E-state index in [0.29, 0.717) is 41.3 Å². The summed E-state index contributed by atoms with van der Waals surface area (Å²) in [5.41, 5.74) is 3.80. The van der Waals surface area contributed by atoms with Crippen molar-refractivity contribution >= 4 is 45.0 Å². The number of nitrogens with one attached hydrogen (secondary N) is 1. The summed E-state index contributed by atoms with van der Waals surface area (Å²) in [4.78, 5) is 35.0. The van der Waals surface area contributed by atoms with Gasteiger partial charge in [0.15, 0.2) is 0 Å². The highest BCUT2D eigenvalue weighted by Crippen LogP contribution is 2.50. The summed E-state index contributed by atoms with van der Waals surface area (Å²) in [5.74, 6) is -2.85. The Balaban J connectivity index is 1.42. The number of hydrogen-bond acceptors (Lipinski definition) is 8. The third kappa shape index (κ3) is 4.87. The third-order valence-electron chi connectivity index (χ3n) is 8.15. The monoisotopic (exact) mass is 628 g/mol. The molecule has 1 aliphatic carbocycles. The summed E-state index contributed by atoms with van der Waals surface area (Å²) in [6.45, 7) is 3.04. The summed E-state index contributed by atoms with van der Waals surface area (Å²) >= 11 is 7.41. The van der Waals surface area contributed by atoms with E-state index in [1.54, 1.807) is 19.1 Å². The summed E-state index contributed by atoms with van der Waals surface area (Å²) in [6.07, 6.45) is 1.28. The van der Waals surface area contributed by atoms with Crippen LogP contribution >= 0.6 is 22.9 Å². The van der Waals surface area contributed by atoms with E-state index in [1.165, 1.54) is 24.5 Å². The molecule has 1 saturated carbocycles. The van der Waals surface area contributed by atoms with Crippen LogP contribution in [0.4, 0.5) is 8.78 Å². The van der Waals surface area contributed by atoms with Gasteiger partial charge >= 0.3 is 0 Å². The summed E-state index contributed by atoms with van der Waals surface area (Å²) in [6, 6.07) is 6.50. The Labute approximate surface area is 254 Å². The Bertz CT molecular complexity index is 1830. The molecular weight excluding hydrogens is 602 g/mol. The van der Waals surface area contributed by atoms with Crippen LogP contribution in [0.3, 0.4) is 0 Å². The number of primary amides is 1. The molecule has 6 rings (SSSR count). The fourth-order valence-corrected chi connectivity index (χ4v) is 6.46. The van der Waals surface area contributed by atoms with Gasteiger partial charge in [0.05, 0.1) is 34.1 Å². The fraction of sp³-hybridized carbons (Fsp3) is 0.333. The first-order chi connectivity index (χ1) is 20.4. The lowest BCUT2D eigenvalue weighted by Gasteiger charge is -2.30. The molecule has 2 aromatic heterocycles. The minimum Gasteiger partial charge on any atom is -0.494 e. The van der Waals surface area contributed by atoms with Gasteiger partial charge in [-0.05, 0) is 56.9 Å². The number of ether oxygens (including phenoxy) is 2. The number of benzene rings is 2. The van der Waals surface area contributed by atoms with Crippen molar-refractivity contribution in [2.24, 2.45) is 11.7 Å². The number of halogens is 3. The predicted octanol–water partition coefficient (Wildman–Crippen LogP) is 4.77. The second-order valence-corrected chi connectivity index (χ2v) is 12.7. The molecule has 0 bridgehead atoms. The first-order valence-electron chi connectivity index (χ1n) is 13.4. The van der Waals surface area contributed by atoms with Crippen molar-refractivity contribution in [3.63, 3.8) is 0 Å². The predicted molar refractivity (Wildman–Crippen MR) is 157 cm³/mol. The number of nitrogens with zero attached hydrogens (tertiary/aromatic N) is 2. The Kier molecular flexibility index (Phi) is 7.06. The number of thiazole rings is 1. The molecule has 0 spiro atoms. The Morgan fingerprint density at radius 1 is 1.23 bits per heavy atom. The van der Waals surface area contributed by atoms with Gasteiger partial charge in [0, 0.05) is 22.8 Å². The summed E-state index contributed by atoms with van der Waals surface area (Å²) < 4.78 is 41.2. The van der Waals surface area contributed by atoms with Crippen molar-refractivity contribution in [1.29, 1.82) is 0 Å². The van der Waals surface area contributed by atoms with Crippen LogP contribution in [-0.4, -0.2) is 47.2 Å². The van der Waals surface area contributed by atoms with Gasteiger partial charge in [0.1, 0.15) is 52.0 Å². The van der Waals surface area contributed by atoms with E-state index in [2.05, 4.69) is 15.3 Å². The molecule has 4 aromatic rings. The Morgan fingerprint density at radius 2 is 1.98 bits per heavy atom. The van der Waals surface area contributed by atoms with E-state index in [9.17, 15) is 19.1 Å². The summed E-state index contributed by atoms with van der Waals surface area (Å²) in [7, 11) is 1.49. The topological polar surface area (TPSA) is 137 Å². The molecule has 3 heterocycles. The largest absolute Gasteiger partial charge is 0.494 e. The zero-order valence-corrected chi connectivity index (χ0v) is 25.0. The number of carbonyl (C=O) groups excluding carboxylic acids is 2. The number of fused-ring (bicyclic) bond motifs is 2. The zero-order chi connectivity index (χ0) is 30.8. The van der Waals surface area contributed by atoms with Gasteiger partial charge in [-0.1, -0.05) is 11.6 Å². The van der Waals surface area contributed by atoms with E-state index in [-0.39, 0.29) is 46.8 Å². The van der Waals surface area contributed by atoms with Gasteiger partial charge in [-0.15, -0.1) is 11.3 Å². The minimum absolute atomic E-state index is 0.0713. The standard InChI is InChI=1S/C30H27ClF2N4O5S/c1-13-36-25-21(41-3)6-14(7-22(25)43-13)27(38)35-11-30(40,15-4-5-15)23-9-17-26(42-12-29(17,2)28(34)39)24(37-23)16-8-18(31)20(33)10-19(16)32/h6-10,15,40H,4-5,11-12H2,1-3H3,(H2,34,39)(H,35,38)/t29?,30-/m1/s1. The number of amides is 2. The molecule has 1 fully saturated rings. The van der Waals surface area contributed by atoms with Crippen LogP contribution in [0.2, 0.25) is 5.02 Å². The first-order valence-corrected chi connectivity index (χ1v) is 14.6. The normalized spacial score (nSPS) is 19.0. The van der Waals surface area contributed by atoms with E-state index in [0.717, 1.165) is 15.8 Å². The highest BCUT2D eigenvalue weighted by Gasteiger charge is 2.50. The van der Waals surface area contributed by atoms with E-state index < -0.39 is 34.5 Å². The van der Waals surface area contributed by atoms with E-state index >= 15 is 4.39 Å². The number of nitrogens with two attached hydrogens (primary N) is 1. The number of pyridine rings is 1. The highest BCUT2D eigenvalue weighted by atomic mass is 35.5. The number of carbonyl (C=O) groups is 2. The molecule has 1 aliphatic heterocycles. The molecule has 0 saturated heterocycles. The van der Waals surface area contributed by atoms with Crippen LogP contribution < -0.4 is 20.5 Å². The number of hydrogen-bond donors (Lipinski definition) is 3. The molecule has 2 aromatic carbocycles. The van der Waals surface area contributed by atoms with Crippen LogP contribution in [0.15, 0.2) is 30.3 Å². The maximum absolute atomic E-state index is 15.1. The first kappa shape index (κ1) is 29.2. The number of aromatic nitrogens is 2. The van der Waals surface area contributed by atoms with Crippen molar-refractivity contribution in [3.05, 3.63) is 68.8 Å². The molecule has 43 heavy (non-hydrogen) atoms. The molecule has 2 aliphatic rings. The number of aliphatic hydroxyl groups is 1. The Hall–Kier alpha value is -3.87. The molecule has 2 amide bonds. The Morgan fingerprint density at radius 3 is 2.65 bits per heavy atom. The molecule has 2 atom stereocenters. The maximum atomic E-state index is 15.1. The second-order valence-electron chi connectivity index (χ2n) is 11.1. The quantitative estimate of drug-likeness (QED) is 0.239. The smallest absolute Gasteiger partial charge is 0.251 e. The van der Waals surface area contributed by atoms with Crippen LogP contribution in [-0.2, 0) is 15.8 Å². The van der Waals surface area contributed by atoms with Crippen LogP contribution in [0, 0.1) is 24.5 Å². The number of methoxy groups -OCH3 is 1. The zero-order valence-electron chi connectivity index (χ0n) is 23.4. The maximum Gasteiger partial charge on any atom is 0.251 e. The molecule has 224 valence electrons. The molecule has 1 unspecified atom stereocenters. The average molecular weight is 629 g/mol. The molecular formula is C30H27ClF2N4O5S. The average Bonchev–Trinajstić information content (AvgIpc) is 3.68. The lowest BCUT2D eigenvalue weighted by molar-refractivity contribution is -0.123.